The van der Waals surface area contributed by atoms with Gasteiger partial charge in [0.15, 0.2) is 6.61 Å². The lowest BCUT2D eigenvalue weighted by molar-refractivity contribution is -0.152. The Morgan fingerprint density at radius 2 is 2.03 bits per heavy atom. The monoisotopic (exact) mass is 421 g/mol. The van der Waals surface area contributed by atoms with E-state index in [1.807, 2.05) is 18.2 Å². The van der Waals surface area contributed by atoms with Crippen molar-refractivity contribution in [1.82, 2.24) is 9.88 Å². The van der Waals surface area contributed by atoms with Crippen molar-refractivity contribution >= 4 is 11.9 Å². The van der Waals surface area contributed by atoms with Gasteiger partial charge in [0.2, 0.25) is 0 Å². The van der Waals surface area contributed by atoms with Gasteiger partial charge >= 0.3 is 5.97 Å². The molecule has 0 saturated carbocycles. The summed E-state index contributed by atoms with van der Waals surface area (Å²) in [5, 5.41) is 9.15. The Bertz CT molecular complexity index is 1100. The van der Waals surface area contributed by atoms with Gasteiger partial charge in [0.05, 0.1) is 6.04 Å². The molecule has 1 amide bonds. The number of amides is 1. The highest BCUT2D eigenvalue weighted by Gasteiger charge is 2.27. The van der Waals surface area contributed by atoms with Crippen LogP contribution in [0.1, 0.15) is 58.8 Å². The molecule has 1 atom stereocenters. The van der Waals surface area contributed by atoms with Crippen LogP contribution in [0, 0.1) is 25.2 Å². The van der Waals surface area contributed by atoms with Gasteiger partial charge in [0, 0.05) is 19.2 Å². The third kappa shape index (κ3) is 4.85. The Morgan fingerprint density at radius 3 is 2.77 bits per heavy atom. The second-order valence-corrected chi connectivity index (χ2v) is 7.94. The van der Waals surface area contributed by atoms with Gasteiger partial charge < -0.3 is 14.6 Å². The maximum Gasteiger partial charge on any atom is 0.306 e. The Balaban J connectivity index is 1.57. The van der Waals surface area contributed by atoms with E-state index >= 15 is 0 Å². The summed E-state index contributed by atoms with van der Waals surface area (Å²) in [6.45, 7) is 3.12. The number of esters is 1. The number of nitrogens with one attached hydrogen (secondary N) is 1. The fourth-order valence-corrected chi connectivity index (χ4v) is 4.27. The van der Waals surface area contributed by atoms with Gasteiger partial charge in [0.25, 0.3) is 11.5 Å². The van der Waals surface area contributed by atoms with Crippen LogP contribution in [-0.2, 0) is 27.2 Å². The summed E-state index contributed by atoms with van der Waals surface area (Å²) in [5.41, 5.74) is 3.99. The summed E-state index contributed by atoms with van der Waals surface area (Å²) in [6.07, 6.45) is 3.30. The van der Waals surface area contributed by atoms with Crippen molar-refractivity contribution < 1.29 is 14.3 Å². The first-order valence-corrected chi connectivity index (χ1v) is 10.4. The van der Waals surface area contributed by atoms with Crippen molar-refractivity contribution in [1.29, 1.82) is 5.26 Å². The second-order valence-electron chi connectivity index (χ2n) is 7.94. The SMILES string of the molecule is Cc1[nH]c(=O)c(C#N)c(C)c1CCC(=O)OCC(=O)N(C)C1CCCc2ccccc21. The minimum atomic E-state index is -0.491. The molecule has 0 radical (unpaired) electrons. The molecule has 2 aromatic rings. The molecule has 1 heterocycles. The van der Waals surface area contributed by atoms with Gasteiger partial charge in [-0.2, -0.15) is 5.26 Å². The minimum Gasteiger partial charge on any atom is -0.456 e. The number of fused-ring (bicyclic) bond motifs is 1. The zero-order valence-electron chi connectivity index (χ0n) is 18.2. The predicted molar refractivity (Wildman–Crippen MR) is 115 cm³/mol. The van der Waals surface area contributed by atoms with Crippen LogP contribution in [0.2, 0.25) is 0 Å². The second kappa shape index (κ2) is 9.61. The topological polar surface area (TPSA) is 103 Å². The van der Waals surface area contributed by atoms with Crippen LogP contribution < -0.4 is 5.56 Å². The third-order valence-electron chi connectivity index (χ3n) is 6.05. The number of hydrogen-bond donors (Lipinski definition) is 1. The summed E-state index contributed by atoms with van der Waals surface area (Å²) in [4.78, 5) is 41.0. The number of aromatic nitrogens is 1. The largest absolute Gasteiger partial charge is 0.456 e. The number of benzene rings is 1. The molecule has 3 rings (SSSR count). The van der Waals surface area contributed by atoms with Crippen LogP contribution in [0.5, 0.6) is 0 Å². The number of aromatic amines is 1. The number of carbonyl (C=O) groups excluding carboxylic acids is 2. The summed E-state index contributed by atoms with van der Waals surface area (Å²) in [6, 6.07) is 10.0. The number of nitrogens with zero attached hydrogens (tertiary/aromatic N) is 2. The first-order chi connectivity index (χ1) is 14.8. The zero-order chi connectivity index (χ0) is 22.5. The van der Waals surface area contributed by atoms with Crippen molar-refractivity contribution in [3.63, 3.8) is 0 Å². The number of aryl methyl sites for hydroxylation is 2. The molecular formula is C24H27N3O4. The molecule has 0 bridgehead atoms. The fraction of sp³-hybridized carbons (Fsp3) is 0.417. The number of H-pyrrole nitrogens is 1. The molecule has 7 nitrogen and oxygen atoms in total. The molecule has 1 aliphatic carbocycles. The van der Waals surface area contributed by atoms with E-state index in [-0.39, 0.29) is 30.5 Å². The van der Waals surface area contributed by atoms with Crippen LogP contribution in [0.4, 0.5) is 0 Å². The first kappa shape index (κ1) is 22.3. The molecule has 7 heteroatoms. The van der Waals surface area contributed by atoms with Gasteiger partial charge in [-0.3, -0.25) is 14.4 Å². The third-order valence-corrected chi connectivity index (χ3v) is 6.05. The number of hydrogen-bond acceptors (Lipinski definition) is 5. The van der Waals surface area contributed by atoms with Crippen molar-refractivity contribution in [2.75, 3.05) is 13.7 Å². The summed E-state index contributed by atoms with van der Waals surface area (Å²) in [7, 11) is 1.75. The maximum atomic E-state index is 12.6. The Kier molecular flexibility index (Phi) is 6.91. The number of carbonyl (C=O) groups is 2. The molecule has 0 aliphatic heterocycles. The van der Waals surface area contributed by atoms with Crippen molar-refractivity contribution in [2.45, 2.75) is 52.0 Å². The smallest absolute Gasteiger partial charge is 0.306 e. The molecule has 31 heavy (non-hydrogen) atoms. The number of nitriles is 1. The van der Waals surface area contributed by atoms with Crippen molar-refractivity contribution in [2.24, 2.45) is 0 Å². The van der Waals surface area contributed by atoms with Crippen LogP contribution in [0.15, 0.2) is 29.1 Å². The van der Waals surface area contributed by atoms with E-state index in [2.05, 4.69) is 17.1 Å². The van der Waals surface area contributed by atoms with Crippen molar-refractivity contribution in [3.05, 3.63) is 68.1 Å². The lowest BCUT2D eigenvalue weighted by Crippen LogP contribution is -2.36. The summed E-state index contributed by atoms with van der Waals surface area (Å²) < 4.78 is 5.22. The average Bonchev–Trinajstić information content (AvgIpc) is 2.76. The maximum absolute atomic E-state index is 12.6. The van der Waals surface area contributed by atoms with Crippen molar-refractivity contribution in [3.8, 4) is 6.07 Å². The van der Waals surface area contributed by atoms with Gasteiger partial charge in [-0.1, -0.05) is 24.3 Å². The van der Waals surface area contributed by atoms with Crippen LogP contribution in [0.3, 0.4) is 0 Å². The molecule has 0 saturated heterocycles. The lowest BCUT2D eigenvalue weighted by Gasteiger charge is -2.33. The highest BCUT2D eigenvalue weighted by molar-refractivity contribution is 5.81. The van der Waals surface area contributed by atoms with Crippen LogP contribution >= 0.6 is 0 Å². The average molecular weight is 421 g/mol. The number of likely N-dealkylation sites (N-methyl/N-ethyl adjacent to an activating group) is 1. The van der Waals surface area contributed by atoms with E-state index in [1.54, 1.807) is 25.8 Å². The van der Waals surface area contributed by atoms with Gasteiger partial charge in [0.1, 0.15) is 11.6 Å². The quantitative estimate of drug-likeness (QED) is 0.723. The molecule has 1 N–H and O–H groups in total. The van der Waals surface area contributed by atoms with Crippen LogP contribution in [-0.4, -0.2) is 35.4 Å². The van der Waals surface area contributed by atoms with E-state index in [0.29, 0.717) is 17.7 Å². The zero-order valence-corrected chi connectivity index (χ0v) is 18.2. The van der Waals surface area contributed by atoms with E-state index in [9.17, 15) is 14.4 Å². The minimum absolute atomic E-state index is 0.00741. The summed E-state index contributed by atoms with van der Waals surface area (Å²) in [5.74, 6) is -0.729. The lowest BCUT2D eigenvalue weighted by atomic mass is 9.87. The van der Waals surface area contributed by atoms with Gasteiger partial charge in [-0.05, 0) is 61.8 Å². The number of ether oxygens (including phenoxy) is 1. The van der Waals surface area contributed by atoms with Crippen LogP contribution in [0.25, 0.3) is 0 Å². The van der Waals surface area contributed by atoms with Gasteiger partial charge in [-0.15, -0.1) is 0 Å². The fourth-order valence-electron chi connectivity index (χ4n) is 4.27. The normalized spacial score (nSPS) is 15.0. The Morgan fingerprint density at radius 1 is 1.29 bits per heavy atom. The van der Waals surface area contributed by atoms with E-state index < -0.39 is 11.5 Å². The van der Waals surface area contributed by atoms with E-state index in [1.165, 1.54) is 5.56 Å². The highest BCUT2D eigenvalue weighted by atomic mass is 16.5. The Labute approximate surface area is 181 Å². The molecule has 162 valence electrons. The number of rotatable bonds is 6. The molecule has 1 aromatic carbocycles. The van der Waals surface area contributed by atoms with Gasteiger partial charge in [-0.25, -0.2) is 0 Å². The standard InChI is InChI=1S/C24H27N3O4/c1-15-18(16(2)26-24(30)20(15)13-25)11-12-23(29)31-14-22(28)27(3)21-10-6-8-17-7-4-5-9-19(17)21/h4-5,7,9,21H,6,8,10-12,14H2,1-3H3,(H,26,30). The predicted octanol–water partition coefficient (Wildman–Crippen LogP) is 2.88. The first-order valence-electron chi connectivity index (χ1n) is 10.4. The molecular weight excluding hydrogens is 394 g/mol. The molecule has 1 aromatic heterocycles. The number of pyridine rings is 1. The van der Waals surface area contributed by atoms with E-state index in [4.69, 9.17) is 10.00 Å². The molecule has 1 unspecified atom stereocenters. The highest BCUT2D eigenvalue weighted by Crippen LogP contribution is 2.33. The Hall–Kier alpha value is -3.40. The summed E-state index contributed by atoms with van der Waals surface area (Å²) >= 11 is 0. The molecule has 0 fully saturated rings. The molecule has 0 spiro atoms. The van der Waals surface area contributed by atoms with E-state index in [0.717, 1.165) is 30.4 Å². The molecule has 1 aliphatic rings.